The van der Waals surface area contributed by atoms with Gasteiger partial charge in [0.1, 0.15) is 24.8 Å². The number of hydrogen-bond donors (Lipinski definition) is 1. The third-order valence-corrected chi connectivity index (χ3v) is 3.90. The van der Waals surface area contributed by atoms with E-state index < -0.39 is 30.2 Å². The van der Waals surface area contributed by atoms with Crippen molar-refractivity contribution in [2.75, 3.05) is 13.4 Å². The lowest BCUT2D eigenvalue weighted by Crippen LogP contribution is -2.38. The van der Waals surface area contributed by atoms with Gasteiger partial charge in [-0.3, -0.25) is 9.36 Å². The highest BCUT2D eigenvalue weighted by molar-refractivity contribution is 5.75. The number of aryl methyl sites for hydroxylation is 1. The summed E-state index contributed by atoms with van der Waals surface area (Å²) in [6.07, 6.45) is -0.398. The van der Waals surface area contributed by atoms with E-state index in [1.54, 1.807) is 19.2 Å². The topological polar surface area (TPSA) is 99.9 Å². The van der Waals surface area contributed by atoms with Gasteiger partial charge in [-0.1, -0.05) is 6.92 Å². The molecule has 0 aliphatic carbocycles. The van der Waals surface area contributed by atoms with Gasteiger partial charge in [0.05, 0.1) is 12.7 Å². The SMILES string of the molecule is CC[C@H]1O[C@@H](n2ccc(C)nc2=O)[C@@H](OCOCCC(C)=O)C1O. The zero-order chi connectivity index (χ0) is 17.7. The number of rotatable bonds is 8. The van der Waals surface area contributed by atoms with E-state index in [0.29, 0.717) is 18.5 Å². The normalized spacial score (nSPS) is 26.7. The molecule has 0 radical (unpaired) electrons. The fourth-order valence-corrected chi connectivity index (χ4v) is 2.55. The van der Waals surface area contributed by atoms with Crippen LogP contribution in [0.15, 0.2) is 17.1 Å². The van der Waals surface area contributed by atoms with Crippen LogP contribution in [0.3, 0.4) is 0 Å². The molecular weight excluding hydrogens is 316 g/mol. The summed E-state index contributed by atoms with van der Waals surface area (Å²) in [6.45, 7) is 5.23. The summed E-state index contributed by atoms with van der Waals surface area (Å²) in [4.78, 5) is 26.8. The lowest BCUT2D eigenvalue weighted by molar-refractivity contribution is -0.142. The van der Waals surface area contributed by atoms with E-state index in [0.717, 1.165) is 0 Å². The lowest BCUT2D eigenvalue weighted by Gasteiger charge is -2.22. The van der Waals surface area contributed by atoms with Gasteiger partial charge in [0.15, 0.2) is 6.23 Å². The fraction of sp³-hybridized carbons (Fsp3) is 0.688. The molecule has 8 heteroatoms. The molecular formula is C16H24N2O6. The Labute approximate surface area is 140 Å². The van der Waals surface area contributed by atoms with Gasteiger partial charge < -0.3 is 19.3 Å². The molecule has 2 rings (SSSR count). The van der Waals surface area contributed by atoms with E-state index in [2.05, 4.69) is 4.98 Å². The minimum absolute atomic E-state index is 0.0282. The Kier molecular flexibility index (Phi) is 6.61. The van der Waals surface area contributed by atoms with E-state index in [9.17, 15) is 14.7 Å². The van der Waals surface area contributed by atoms with Crippen molar-refractivity contribution in [1.82, 2.24) is 9.55 Å². The third-order valence-electron chi connectivity index (χ3n) is 3.90. The first kappa shape index (κ1) is 18.7. The maximum absolute atomic E-state index is 12.1. The summed E-state index contributed by atoms with van der Waals surface area (Å²) in [5, 5.41) is 10.4. The smallest absolute Gasteiger partial charge is 0.349 e. The van der Waals surface area contributed by atoms with Crippen LogP contribution in [-0.2, 0) is 19.0 Å². The number of carbonyl (C=O) groups is 1. The number of ether oxygens (including phenoxy) is 3. The van der Waals surface area contributed by atoms with E-state index in [-0.39, 0.29) is 19.2 Å². The van der Waals surface area contributed by atoms with Gasteiger partial charge in [-0.15, -0.1) is 0 Å². The number of aliphatic hydroxyl groups is 1. The highest BCUT2D eigenvalue weighted by atomic mass is 16.7. The Morgan fingerprint density at radius 1 is 1.50 bits per heavy atom. The Morgan fingerprint density at radius 3 is 2.88 bits per heavy atom. The predicted octanol–water partition coefficient (Wildman–Crippen LogP) is 0.558. The molecule has 4 atom stereocenters. The van der Waals surface area contributed by atoms with Gasteiger partial charge in [-0.05, 0) is 26.3 Å². The molecule has 0 saturated carbocycles. The van der Waals surface area contributed by atoms with Crippen molar-refractivity contribution < 1.29 is 24.1 Å². The number of aliphatic hydroxyl groups excluding tert-OH is 1. The van der Waals surface area contributed by atoms with Crippen LogP contribution in [-0.4, -0.2) is 52.2 Å². The first-order valence-electron chi connectivity index (χ1n) is 8.02. The first-order valence-corrected chi connectivity index (χ1v) is 8.02. The molecule has 1 aromatic heterocycles. The van der Waals surface area contributed by atoms with Crippen molar-refractivity contribution in [2.45, 2.75) is 58.2 Å². The second-order valence-electron chi connectivity index (χ2n) is 5.83. The van der Waals surface area contributed by atoms with Crippen LogP contribution in [0.1, 0.15) is 38.6 Å². The van der Waals surface area contributed by atoms with Crippen LogP contribution in [0.25, 0.3) is 0 Å². The van der Waals surface area contributed by atoms with Crippen LogP contribution >= 0.6 is 0 Å². The van der Waals surface area contributed by atoms with Crippen molar-refractivity contribution in [3.63, 3.8) is 0 Å². The Balaban J connectivity index is 2.06. The molecule has 1 aliphatic rings. The number of aromatic nitrogens is 2. The second-order valence-corrected chi connectivity index (χ2v) is 5.83. The Hall–Kier alpha value is -1.61. The van der Waals surface area contributed by atoms with Crippen LogP contribution in [0, 0.1) is 6.92 Å². The number of ketones is 1. The highest BCUT2D eigenvalue weighted by Gasteiger charge is 2.45. The third kappa shape index (κ3) is 4.47. The average molecular weight is 340 g/mol. The maximum atomic E-state index is 12.1. The molecule has 1 aliphatic heterocycles. The van der Waals surface area contributed by atoms with E-state index in [4.69, 9.17) is 14.2 Å². The van der Waals surface area contributed by atoms with E-state index >= 15 is 0 Å². The van der Waals surface area contributed by atoms with Gasteiger partial charge in [-0.2, -0.15) is 4.98 Å². The molecule has 0 amide bonds. The largest absolute Gasteiger partial charge is 0.388 e. The van der Waals surface area contributed by atoms with Gasteiger partial charge >= 0.3 is 5.69 Å². The Bertz CT molecular complexity index is 617. The van der Waals surface area contributed by atoms with Crippen LogP contribution in [0.5, 0.6) is 0 Å². The maximum Gasteiger partial charge on any atom is 0.349 e. The van der Waals surface area contributed by atoms with Crippen LogP contribution in [0.4, 0.5) is 0 Å². The van der Waals surface area contributed by atoms with Gasteiger partial charge in [-0.25, -0.2) is 4.79 Å². The minimum atomic E-state index is -0.885. The van der Waals surface area contributed by atoms with E-state index in [1.807, 2.05) is 6.92 Å². The summed E-state index contributed by atoms with van der Waals surface area (Å²) in [5.74, 6) is 0.0282. The summed E-state index contributed by atoms with van der Waals surface area (Å²) < 4.78 is 17.9. The highest BCUT2D eigenvalue weighted by Crippen LogP contribution is 2.32. The molecule has 1 saturated heterocycles. The zero-order valence-electron chi connectivity index (χ0n) is 14.2. The minimum Gasteiger partial charge on any atom is -0.388 e. The fourth-order valence-electron chi connectivity index (χ4n) is 2.55. The lowest BCUT2D eigenvalue weighted by atomic mass is 10.1. The van der Waals surface area contributed by atoms with Crippen molar-refractivity contribution in [3.8, 4) is 0 Å². The zero-order valence-corrected chi connectivity index (χ0v) is 14.2. The number of nitrogens with zero attached hydrogens (tertiary/aromatic N) is 2. The predicted molar refractivity (Wildman–Crippen MR) is 84.4 cm³/mol. The molecule has 1 aromatic rings. The molecule has 0 bridgehead atoms. The number of hydrogen-bond acceptors (Lipinski definition) is 7. The summed E-state index contributed by atoms with van der Waals surface area (Å²) in [7, 11) is 0. The van der Waals surface area contributed by atoms with Crippen LogP contribution in [0.2, 0.25) is 0 Å². The number of carbonyl (C=O) groups excluding carboxylic acids is 1. The van der Waals surface area contributed by atoms with Crippen LogP contribution < -0.4 is 5.69 Å². The van der Waals surface area contributed by atoms with Crippen molar-refractivity contribution in [1.29, 1.82) is 0 Å². The quantitative estimate of drug-likeness (QED) is 0.545. The standard InChI is InChI=1S/C16H24N2O6/c1-4-12-13(20)14(23-9-22-8-6-11(3)19)15(24-12)18-7-5-10(2)17-16(18)21/h5,7,12-15,20H,4,6,8-9H2,1-3H3/t12-,13?,14+,15-/m1/s1. The van der Waals surface area contributed by atoms with E-state index in [1.165, 1.54) is 11.5 Å². The molecule has 134 valence electrons. The van der Waals surface area contributed by atoms with Gasteiger partial charge in [0.2, 0.25) is 0 Å². The average Bonchev–Trinajstić information content (AvgIpc) is 2.83. The summed E-state index contributed by atoms with van der Waals surface area (Å²) in [5.41, 5.74) is 0.141. The molecule has 2 heterocycles. The summed E-state index contributed by atoms with van der Waals surface area (Å²) >= 11 is 0. The molecule has 1 fully saturated rings. The molecule has 24 heavy (non-hydrogen) atoms. The second kappa shape index (κ2) is 8.48. The Morgan fingerprint density at radius 2 is 2.25 bits per heavy atom. The molecule has 8 nitrogen and oxygen atoms in total. The number of Topliss-reactive ketones (excluding diaryl/α,β-unsaturated/α-hetero) is 1. The summed E-state index contributed by atoms with van der Waals surface area (Å²) in [6, 6.07) is 1.69. The molecule has 0 spiro atoms. The van der Waals surface area contributed by atoms with Crippen molar-refractivity contribution in [2.24, 2.45) is 0 Å². The van der Waals surface area contributed by atoms with Crippen molar-refractivity contribution in [3.05, 3.63) is 28.4 Å². The molecule has 1 N–H and O–H groups in total. The molecule has 1 unspecified atom stereocenters. The monoisotopic (exact) mass is 340 g/mol. The molecule has 0 aromatic carbocycles. The van der Waals surface area contributed by atoms with Gasteiger partial charge in [0.25, 0.3) is 0 Å². The first-order chi connectivity index (χ1) is 11.4. The van der Waals surface area contributed by atoms with Crippen molar-refractivity contribution >= 4 is 5.78 Å². The van der Waals surface area contributed by atoms with Gasteiger partial charge in [0, 0.05) is 18.3 Å².